The van der Waals surface area contributed by atoms with Crippen LogP contribution in [0.4, 0.5) is 10.5 Å². The van der Waals surface area contributed by atoms with Crippen molar-refractivity contribution in [3.8, 4) is 11.4 Å². The summed E-state index contributed by atoms with van der Waals surface area (Å²) in [5.41, 5.74) is 1.61. The molecular formula is C18H26N4O2. The standard InChI is InChI=1S/C18H26N4O2/c1-4-13(5-2)16(23)12-20-18(24)21-15-8-6-7-14(11-15)17-19-9-10-22(17)3/h6-11,13,16,23H,4-5,12H2,1-3H3,(H2,20,21,24)/t16-/m0/s1. The number of nitrogens with one attached hydrogen (secondary N) is 2. The van der Waals surface area contributed by atoms with Crippen LogP contribution in [-0.4, -0.2) is 33.3 Å². The molecule has 0 aliphatic rings. The second-order valence-corrected chi connectivity index (χ2v) is 5.92. The molecule has 0 aliphatic heterocycles. The summed E-state index contributed by atoms with van der Waals surface area (Å²) in [6.07, 6.45) is 4.88. The van der Waals surface area contributed by atoms with E-state index in [0.717, 1.165) is 24.2 Å². The van der Waals surface area contributed by atoms with E-state index in [4.69, 9.17) is 0 Å². The first kappa shape index (κ1) is 18.0. The number of carbonyl (C=O) groups is 1. The molecule has 0 saturated heterocycles. The van der Waals surface area contributed by atoms with Crippen LogP contribution >= 0.6 is 0 Å². The first-order chi connectivity index (χ1) is 11.5. The smallest absolute Gasteiger partial charge is 0.319 e. The van der Waals surface area contributed by atoms with Crippen molar-refractivity contribution in [2.45, 2.75) is 32.8 Å². The largest absolute Gasteiger partial charge is 0.391 e. The van der Waals surface area contributed by atoms with Gasteiger partial charge >= 0.3 is 6.03 Å². The zero-order valence-electron chi connectivity index (χ0n) is 14.5. The second kappa shape index (κ2) is 8.49. The highest BCUT2D eigenvalue weighted by Crippen LogP contribution is 2.20. The number of rotatable bonds is 7. The Bertz CT molecular complexity index is 665. The average Bonchev–Trinajstić information content (AvgIpc) is 3.00. The minimum absolute atomic E-state index is 0.206. The van der Waals surface area contributed by atoms with Gasteiger partial charge in [-0.15, -0.1) is 0 Å². The summed E-state index contributed by atoms with van der Waals surface area (Å²) in [5, 5.41) is 15.6. The first-order valence-electron chi connectivity index (χ1n) is 8.35. The van der Waals surface area contributed by atoms with Gasteiger partial charge in [0.05, 0.1) is 6.10 Å². The van der Waals surface area contributed by atoms with E-state index in [1.54, 1.807) is 6.20 Å². The van der Waals surface area contributed by atoms with Crippen LogP contribution in [0.2, 0.25) is 0 Å². The lowest BCUT2D eigenvalue weighted by Gasteiger charge is -2.20. The van der Waals surface area contributed by atoms with E-state index in [-0.39, 0.29) is 18.5 Å². The molecule has 6 nitrogen and oxygen atoms in total. The van der Waals surface area contributed by atoms with Gasteiger partial charge in [0, 0.05) is 37.2 Å². The number of carbonyl (C=O) groups excluding carboxylic acids is 1. The van der Waals surface area contributed by atoms with Crippen molar-refractivity contribution in [2.24, 2.45) is 13.0 Å². The quantitative estimate of drug-likeness (QED) is 0.730. The third kappa shape index (κ3) is 4.58. The van der Waals surface area contributed by atoms with Crippen LogP contribution < -0.4 is 10.6 Å². The number of amides is 2. The van der Waals surface area contributed by atoms with Gasteiger partial charge in [-0.3, -0.25) is 0 Å². The Morgan fingerprint density at radius 2 is 2.08 bits per heavy atom. The van der Waals surface area contributed by atoms with Crippen LogP contribution in [0, 0.1) is 5.92 Å². The number of imidazole rings is 1. The predicted octanol–water partition coefficient (Wildman–Crippen LogP) is 3.01. The summed E-state index contributed by atoms with van der Waals surface area (Å²) >= 11 is 0. The summed E-state index contributed by atoms with van der Waals surface area (Å²) in [6, 6.07) is 7.20. The maximum Gasteiger partial charge on any atom is 0.319 e. The van der Waals surface area contributed by atoms with Gasteiger partial charge in [-0.1, -0.05) is 38.8 Å². The fourth-order valence-corrected chi connectivity index (χ4v) is 2.75. The molecule has 6 heteroatoms. The lowest BCUT2D eigenvalue weighted by Crippen LogP contribution is -2.38. The number of anilines is 1. The highest BCUT2D eigenvalue weighted by Gasteiger charge is 2.16. The van der Waals surface area contributed by atoms with Crippen molar-refractivity contribution >= 4 is 11.7 Å². The second-order valence-electron chi connectivity index (χ2n) is 5.92. The molecule has 130 valence electrons. The van der Waals surface area contributed by atoms with E-state index in [2.05, 4.69) is 15.6 Å². The summed E-state index contributed by atoms with van der Waals surface area (Å²) in [6.45, 7) is 4.33. The number of aromatic nitrogens is 2. The Balaban J connectivity index is 1.94. The van der Waals surface area contributed by atoms with Crippen LogP contribution in [0.25, 0.3) is 11.4 Å². The molecule has 0 radical (unpaired) electrons. The van der Waals surface area contributed by atoms with Crippen LogP contribution in [0.3, 0.4) is 0 Å². The molecule has 0 spiro atoms. The van der Waals surface area contributed by atoms with Crippen molar-refractivity contribution in [1.29, 1.82) is 0 Å². The number of urea groups is 1. The van der Waals surface area contributed by atoms with Crippen molar-refractivity contribution in [1.82, 2.24) is 14.9 Å². The maximum absolute atomic E-state index is 12.0. The lowest BCUT2D eigenvalue weighted by atomic mass is 9.97. The Morgan fingerprint density at radius 1 is 1.33 bits per heavy atom. The molecular weight excluding hydrogens is 304 g/mol. The monoisotopic (exact) mass is 330 g/mol. The van der Waals surface area contributed by atoms with E-state index < -0.39 is 6.10 Å². The molecule has 2 rings (SSSR count). The van der Waals surface area contributed by atoms with Gasteiger partial charge in [0.2, 0.25) is 0 Å². The average molecular weight is 330 g/mol. The van der Waals surface area contributed by atoms with Crippen molar-refractivity contribution < 1.29 is 9.90 Å². The predicted molar refractivity (Wildman–Crippen MR) is 95.7 cm³/mol. The molecule has 2 aromatic rings. The highest BCUT2D eigenvalue weighted by molar-refractivity contribution is 5.89. The number of hydrogen-bond acceptors (Lipinski definition) is 3. The molecule has 1 aromatic carbocycles. The lowest BCUT2D eigenvalue weighted by molar-refractivity contribution is 0.104. The summed E-state index contributed by atoms with van der Waals surface area (Å²) in [5.74, 6) is 1.04. The Morgan fingerprint density at radius 3 is 2.71 bits per heavy atom. The van der Waals surface area contributed by atoms with Gasteiger partial charge in [-0.2, -0.15) is 0 Å². The van der Waals surface area contributed by atoms with Gasteiger partial charge in [0.15, 0.2) is 0 Å². The van der Waals surface area contributed by atoms with E-state index in [1.807, 2.05) is 55.9 Å². The third-order valence-electron chi connectivity index (χ3n) is 4.26. The SMILES string of the molecule is CCC(CC)[C@@H](O)CNC(=O)Nc1cccc(-c2nccn2C)c1. The molecule has 1 aromatic heterocycles. The fourth-order valence-electron chi connectivity index (χ4n) is 2.75. The topological polar surface area (TPSA) is 79.2 Å². The Labute approximate surface area is 142 Å². The molecule has 1 heterocycles. The maximum atomic E-state index is 12.0. The van der Waals surface area contributed by atoms with Gasteiger partial charge in [-0.05, 0) is 18.1 Å². The third-order valence-corrected chi connectivity index (χ3v) is 4.26. The van der Waals surface area contributed by atoms with Crippen LogP contribution in [0.1, 0.15) is 26.7 Å². The normalized spacial score (nSPS) is 12.2. The number of hydrogen-bond donors (Lipinski definition) is 3. The van der Waals surface area contributed by atoms with E-state index in [0.29, 0.717) is 5.69 Å². The van der Waals surface area contributed by atoms with E-state index in [9.17, 15) is 9.90 Å². The number of nitrogens with zero attached hydrogens (tertiary/aromatic N) is 2. The van der Waals surface area contributed by atoms with Gasteiger partial charge < -0.3 is 20.3 Å². The summed E-state index contributed by atoms with van der Waals surface area (Å²) in [4.78, 5) is 16.3. The summed E-state index contributed by atoms with van der Waals surface area (Å²) < 4.78 is 1.92. The minimum atomic E-state index is -0.523. The molecule has 0 saturated carbocycles. The van der Waals surface area contributed by atoms with Gasteiger partial charge in [0.1, 0.15) is 5.82 Å². The molecule has 2 amide bonds. The van der Waals surface area contributed by atoms with Crippen molar-refractivity contribution in [2.75, 3.05) is 11.9 Å². The van der Waals surface area contributed by atoms with Crippen molar-refractivity contribution in [3.05, 3.63) is 36.7 Å². The Hall–Kier alpha value is -2.34. The van der Waals surface area contributed by atoms with Gasteiger partial charge in [-0.25, -0.2) is 9.78 Å². The molecule has 0 fully saturated rings. The molecule has 0 aliphatic carbocycles. The number of aliphatic hydroxyl groups excluding tert-OH is 1. The molecule has 24 heavy (non-hydrogen) atoms. The van der Waals surface area contributed by atoms with Crippen LogP contribution in [0.5, 0.6) is 0 Å². The Kier molecular flexibility index (Phi) is 6.37. The molecule has 3 N–H and O–H groups in total. The molecule has 0 unspecified atom stereocenters. The highest BCUT2D eigenvalue weighted by atomic mass is 16.3. The van der Waals surface area contributed by atoms with Crippen LogP contribution in [0.15, 0.2) is 36.7 Å². The summed E-state index contributed by atoms with van der Waals surface area (Å²) in [7, 11) is 1.93. The fraction of sp³-hybridized carbons (Fsp3) is 0.444. The van der Waals surface area contributed by atoms with Gasteiger partial charge in [0.25, 0.3) is 0 Å². The molecule has 1 atom stereocenters. The minimum Gasteiger partial charge on any atom is -0.391 e. The number of benzene rings is 1. The molecule has 0 bridgehead atoms. The van der Waals surface area contributed by atoms with E-state index in [1.165, 1.54) is 0 Å². The number of aliphatic hydroxyl groups is 1. The van der Waals surface area contributed by atoms with Crippen molar-refractivity contribution in [3.63, 3.8) is 0 Å². The van der Waals surface area contributed by atoms with Crippen LogP contribution in [-0.2, 0) is 7.05 Å². The first-order valence-corrected chi connectivity index (χ1v) is 8.35. The van der Waals surface area contributed by atoms with E-state index >= 15 is 0 Å². The number of aryl methyl sites for hydroxylation is 1. The zero-order valence-corrected chi connectivity index (χ0v) is 14.5. The zero-order chi connectivity index (χ0) is 17.5.